The van der Waals surface area contributed by atoms with E-state index in [9.17, 15) is 4.79 Å². The van der Waals surface area contributed by atoms with Gasteiger partial charge in [0.05, 0.1) is 0 Å². The summed E-state index contributed by atoms with van der Waals surface area (Å²) in [6.45, 7) is 2.37. The Morgan fingerprint density at radius 2 is 2.40 bits per heavy atom. The summed E-state index contributed by atoms with van der Waals surface area (Å²) in [5.41, 5.74) is 0. The molecule has 4 heteroatoms. The highest BCUT2D eigenvalue weighted by molar-refractivity contribution is 5.66. The van der Waals surface area contributed by atoms with Crippen molar-refractivity contribution in [2.45, 2.75) is 13.0 Å². The van der Waals surface area contributed by atoms with E-state index in [1.54, 1.807) is 6.92 Å². The molecule has 0 saturated carbocycles. The largest absolute Gasteiger partial charge is 0.465 e. The van der Waals surface area contributed by atoms with Crippen LogP contribution >= 0.6 is 0 Å². The van der Waals surface area contributed by atoms with Gasteiger partial charge < -0.3 is 15.1 Å². The van der Waals surface area contributed by atoms with E-state index in [2.05, 4.69) is 0 Å². The van der Waals surface area contributed by atoms with Crippen LogP contribution in [0.5, 0.6) is 0 Å². The van der Waals surface area contributed by atoms with Gasteiger partial charge >= 0.3 is 6.09 Å². The zero-order valence-corrected chi connectivity index (χ0v) is 5.82. The molecule has 1 aliphatic heterocycles. The van der Waals surface area contributed by atoms with E-state index in [1.807, 2.05) is 0 Å². The third-order valence-corrected chi connectivity index (χ3v) is 2.09. The van der Waals surface area contributed by atoms with Gasteiger partial charge in [-0.3, -0.25) is 0 Å². The summed E-state index contributed by atoms with van der Waals surface area (Å²) in [6.07, 6.45) is -0.891. The fourth-order valence-electron chi connectivity index (χ4n) is 1.15. The molecule has 0 bridgehead atoms. The van der Waals surface area contributed by atoms with Gasteiger partial charge in [-0.25, -0.2) is 4.79 Å². The summed E-state index contributed by atoms with van der Waals surface area (Å²) >= 11 is 0. The van der Waals surface area contributed by atoms with E-state index in [0.717, 1.165) is 0 Å². The fraction of sp³-hybridized carbons (Fsp3) is 0.833. The second kappa shape index (κ2) is 2.46. The third-order valence-electron chi connectivity index (χ3n) is 2.09. The maximum absolute atomic E-state index is 10.3. The first-order chi connectivity index (χ1) is 4.66. The summed E-state index contributed by atoms with van der Waals surface area (Å²) in [5, 5.41) is 17.1. The van der Waals surface area contributed by atoms with Crippen molar-refractivity contribution >= 4 is 6.09 Å². The molecule has 2 atom stereocenters. The van der Waals surface area contributed by atoms with Gasteiger partial charge in [-0.05, 0) is 6.92 Å². The molecule has 1 fully saturated rings. The van der Waals surface area contributed by atoms with Crippen LogP contribution in [0.25, 0.3) is 0 Å². The molecule has 1 rings (SSSR count). The van der Waals surface area contributed by atoms with Crippen molar-refractivity contribution in [1.82, 2.24) is 4.90 Å². The summed E-state index contributed by atoms with van der Waals surface area (Å²) in [7, 11) is 0. The summed E-state index contributed by atoms with van der Waals surface area (Å²) in [4.78, 5) is 11.6. The van der Waals surface area contributed by atoms with Crippen LogP contribution in [-0.4, -0.2) is 40.4 Å². The van der Waals surface area contributed by atoms with Crippen molar-refractivity contribution in [3.8, 4) is 0 Å². The average Bonchev–Trinajstić information content (AvgIpc) is 1.85. The maximum atomic E-state index is 10.3. The minimum Gasteiger partial charge on any atom is -0.465 e. The number of nitrogens with zero attached hydrogens (tertiary/aromatic N) is 1. The quantitative estimate of drug-likeness (QED) is 0.545. The number of hydrogen-bond acceptors (Lipinski definition) is 2. The van der Waals surface area contributed by atoms with Crippen LogP contribution in [0.2, 0.25) is 0 Å². The van der Waals surface area contributed by atoms with Gasteiger partial charge in [0.2, 0.25) is 0 Å². The highest BCUT2D eigenvalue weighted by atomic mass is 16.4. The number of carboxylic acid groups (broad SMARTS) is 1. The predicted octanol–water partition coefficient (Wildman–Crippen LogP) is -0.0230. The average molecular weight is 145 g/mol. The topological polar surface area (TPSA) is 60.8 Å². The number of carbonyl (C=O) groups is 1. The van der Waals surface area contributed by atoms with Gasteiger partial charge in [0, 0.05) is 25.1 Å². The fourth-order valence-corrected chi connectivity index (χ4v) is 1.15. The van der Waals surface area contributed by atoms with Crippen LogP contribution in [0.4, 0.5) is 4.79 Å². The van der Waals surface area contributed by atoms with E-state index in [1.165, 1.54) is 4.90 Å². The normalized spacial score (nSPS) is 31.6. The SMILES string of the molecule is C[C@H]1[C@H](CO)CN1C(=O)O. The van der Waals surface area contributed by atoms with Crippen molar-refractivity contribution < 1.29 is 15.0 Å². The Labute approximate surface area is 59.1 Å². The highest BCUT2D eigenvalue weighted by Gasteiger charge is 2.37. The first-order valence-electron chi connectivity index (χ1n) is 3.27. The third kappa shape index (κ3) is 0.945. The number of aliphatic hydroxyl groups excluding tert-OH is 1. The molecule has 0 aliphatic carbocycles. The van der Waals surface area contributed by atoms with Crippen molar-refractivity contribution in [1.29, 1.82) is 0 Å². The molecule has 0 radical (unpaired) electrons. The molecule has 1 saturated heterocycles. The zero-order valence-electron chi connectivity index (χ0n) is 5.82. The second-order valence-corrected chi connectivity index (χ2v) is 2.62. The Balaban J connectivity index is 2.39. The van der Waals surface area contributed by atoms with Crippen LogP contribution in [0, 0.1) is 5.92 Å². The van der Waals surface area contributed by atoms with E-state index in [-0.39, 0.29) is 18.6 Å². The number of likely N-dealkylation sites (tertiary alicyclic amines) is 1. The lowest BCUT2D eigenvalue weighted by molar-refractivity contribution is 0.00504. The molecule has 10 heavy (non-hydrogen) atoms. The second-order valence-electron chi connectivity index (χ2n) is 2.62. The Bertz CT molecular complexity index is 148. The van der Waals surface area contributed by atoms with Crippen molar-refractivity contribution in [2.75, 3.05) is 13.2 Å². The zero-order chi connectivity index (χ0) is 7.72. The Hall–Kier alpha value is -0.770. The lowest BCUT2D eigenvalue weighted by Gasteiger charge is -2.43. The minimum absolute atomic E-state index is 0.0116. The predicted molar refractivity (Wildman–Crippen MR) is 34.8 cm³/mol. The molecule has 2 N–H and O–H groups in total. The Kier molecular flexibility index (Phi) is 1.80. The number of amides is 1. The van der Waals surface area contributed by atoms with E-state index in [4.69, 9.17) is 10.2 Å². The molecule has 58 valence electrons. The first-order valence-corrected chi connectivity index (χ1v) is 3.27. The van der Waals surface area contributed by atoms with Crippen molar-refractivity contribution in [3.63, 3.8) is 0 Å². The van der Waals surface area contributed by atoms with E-state index in [0.29, 0.717) is 6.54 Å². The number of aliphatic hydroxyl groups is 1. The lowest BCUT2D eigenvalue weighted by Crippen LogP contribution is -2.57. The summed E-state index contributed by atoms with van der Waals surface area (Å²) in [5.74, 6) is 0.149. The molecule has 0 spiro atoms. The van der Waals surface area contributed by atoms with Gasteiger partial charge in [0.25, 0.3) is 0 Å². The molecule has 0 aromatic heterocycles. The molecule has 0 unspecified atom stereocenters. The molecule has 4 nitrogen and oxygen atoms in total. The van der Waals surface area contributed by atoms with Crippen LogP contribution in [0.1, 0.15) is 6.92 Å². The Morgan fingerprint density at radius 1 is 1.80 bits per heavy atom. The number of hydrogen-bond donors (Lipinski definition) is 2. The Morgan fingerprint density at radius 3 is 2.70 bits per heavy atom. The van der Waals surface area contributed by atoms with Crippen LogP contribution in [-0.2, 0) is 0 Å². The van der Waals surface area contributed by atoms with Crippen molar-refractivity contribution in [3.05, 3.63) is 0 Å². The van der Waals surface area contributed by atoms with E-state index < -0.39 is 6.09 Å². The highest BCUT2D eigenvalue weighted by Crippen LogP contribution is 2.23. The number of rotatable bonds is 1. The maximum Gasteiger partial charge on any atom is 0.407 e. The van der Waals surface area contributed by atoms with Gasteiger partial charge in [-0.1, -0.05) is 0 Å². The van der Waals surface area contributed by atoms with Crippen LogP contribution < -0.4 is 0 Å². The molecule has 1 amide bonds. The smallest absolute Gasteiger partial charge is 0.407 e. The summed E-state index contributed by atoms with van der Waals surface area (Å²) < 4.78 is 0. The van der Waals surface area contributed by atoms with E-state index >= 15 is 0 Å². The van der Waals surface area contributed by atoms with Crippen LogP contribution in [0.3, 0.4) is 0 Å². The van der Waals surface area contributed by atoms with Crippen molar-refractivity contribution in [2.24, 2.45) is 5.92 Å². The summed E-state index contributed by atoms with van der Waals surface area (Å²) in [6, 6.07) is -0.0116. The molecule has 1 aliphatic rings. The molecule has 0 aromatic rings. The lowest BCUT2D eigenvalue weighted by atomic mass is 9.91. The van der Waals surface area contributed by atoms with Gasteiger partial charge in [-0.2, -0.15) is 0 Å². The first kappa shape index (κ1) is 7.34. The standard InChI is InChI=1S/C6H11NO3/c1-4-5(3-8)2-7(4)6(9)10/h4-5,8H,2-3H2,1H3,(H,9,10)/t4-,5-/m0/s1. The molecule has 1 heterocycles. The monoisotopic (exact) mass is 145 g/mol. The van der Waals surface area contributed by atoms with Gasteiger partial charge in [-0.15, -0.1) is 0 Å². The van der Waals surface area contributed by atoms with Gasteiger partial charge in [0.1, 0.15) is 0 Å². The van der Waals surface area contributed by atoms with Gasteiger partial charge in [0.15, 0.2) is 0 Å². The molecule has 0 aromatic carbocycles. The van der Waals surface area contributed by atoms with Crippen LogP contribution in [0.15, 0.2) is 0 Å². The minimum atomic E-state index is -0.891. The molecular weight excluding hydrogens is 134 g/mol. The molecular formula is C6H11NO3.